The van der Waals surface area contributed by atoms with E-state index < -0.39 is 10.0 Å². The summed E-state index contributed by atoms with van der Waals surface area (Å²) in [5, 5.41) is 6.79. The van der Waals surface area contributed by atoms with E-state index >= 15 is 0 Å². The molecular weight excluding hydrogens is 432 g/mol. The molecule has 0 saturated heterocycles. The van der Waals surface area contributed by atoms with Crippen molar-refractivity contribution in [1.82, 2.24) is 9.78 Å². The molecule has 0 aliphatic heterocycles. The van der Waals surface area contributed by atoms with E-state index in [0.29, 0.717) is 17.9 Å². The van der Waals surface area contributed by atoms with E-state index in [4.69, 9.17) is 0 Å². The minimum absolute atomic E-state index is 0.109. The highest BCUT2D eigenvalue weighted by Gasteiger charge is 2.14. The first-order valence-corrected chi connectivity index (χ1v) is 10.3. The molecule has 9 heteroatoms. The van der Waals surface area contributed by atoms with Gasteiger partial charge in [-0.15, -0.1) is 0 Å². The van der Waals surface area contributed by atoms with Crippen LogP contribution in [0.15, 0.2) is 70.3 Å². The molecule has 0 unspecified atom stereocenters. The molecule has 0 fully saturated rings. The van der Waals surface area contributed by atoms with Crippen LogP contribution in [-0.4, -0.2) is 24.1 Å². The van der Waals surface area contributed by atoms with E-state index in [1.807, 2.05) is 12.3 Å². The second-order valence-electron chi connectivity index (χ2n) is 5.87. The SMILES string of the molecule is CC(=O)Nc1ccc(S(=O)(=O)Nc2cccc(Cn3cc(Br)cn3)c2)cc1. The second-order valence-corrected chi connectivity index (χ2v) is 8.47. The van der Waals surface area contributed by atoms with E-state index in [1.54, 1.807) is 41.2 Å². The number of nitrogens with one attached hydrogen (secondary N) is 2. The normalized spacial score (nSPS) is 11.2. The Bertz CT molecular complexity index is 1060. The number of amides is 1. The molecule has 27 heavy (non-hydrogen) atoms. The van der Waals surface area contributed by atoms with Gasteiger partial charge in [-0.25, -0.2) is 8.42 Å². The summed E-state index contributed by atoms with van der Waals surface area (Å²) in [7, 11) is -3.74. The Morgan fingerprint density at radius 3 is 2.52 bits per heavy atom. The van der Waals surface area contributed by atoms with Crippen molar-refractivity contribution in [3.05, 3.63) is 71.0 Å². The molecule has 0 saturated carbocycles. The molecule has 0 radical (unpaired) electrons. The number of anilines is 2. The molecule has 3 aromatic rings. The van der Waals surface area contributed by atoms with Crippen LogP contribution in [0.1, 0.15) is 12.5 Å². The number of hydrogen-bond acceptors (Lipinski definition) is 4. The van der Waals surface area contributed by atoms with Crippen molar-refractivity contribution in [2.24, 2.45) is 0 Å². The first-order valence-electron chi connectivity index (χ1n) is 7.99. The third kappa shape index (κ3) is 5.18. The number of rotatable bonds is 6. The number of carbonyl (C=O) groups excluding carboxylic acids is 1. The van der Waals surface area contributed by atoms with Gasteiger partial charge in [0.2, 0.25) is 5.91 Å². The monoisotopic (exact) mass is 448 g/mol. The van der Waals surface area contributed by atoms with Gasteiger partial charge in [0.1, 0.15) is 0 Å². The summed E-state index contributed by atoms with van der Waals surface area (Å²) in [4.78, 5) is 11.2. The van der Waals surface area contributed by atoms with Gasteiger partial charge in [-0.2, -0.15) is 5.10 Å². The standard InChI is InChI=1S/C18H17BrN4O3S/c1-13(24)21-16-5-7-18(8-6-16)27(25,26)22-17-4-2-3-14(9-17)11-23-12-15(19)10-20-23/h2-10,12,22H,11H2,1H3,(H,21,24). The summed E-state index contributed by atoms with van der Waals surface area (Å²) in [5.41, 5.74) is 1.91. The highest BCUT2D eigenvalue weighted by Crippen LogP contribution is 2.20. The van der Waals surface area contributed by atoms with Gasteiger partial charge < -0.3 is 5.32 Å². The Kier molecular flexibility index (Phi) is 5.62. The van der Waals surface area contributed by atoms with E-state index in [0.717, 1.165) is 10.0 Å². The van der Waals surface area contributed by atoms with Crippen LogP contribution in [0.5, 0.6) is 0 Å². The van der Waals surface area contributed by atoms with Gasteiger partial charge in [-0.05, 0) is 57.9 Å². The fourth-order valence-corrected chi connectivity index (χ4v) is 3.86. The number of hydrogen-bond donors (Lipinski definition) is 2. The molecule has 0 bridgehead atoms. The number of carbonyl (C=O) groups is 1. The largest absolute Gasteiger partial charge is 0.326 e. The molecule has 0 aliphatic carbocycles. The van der Waals surface area contributed by atoms with Crippen LogP contribution in [0.2, 0.25) is 0 Å². The lowest BCUT2D eigenvalue weighted by atomic mass is 10.2. The van der Waals surface area contributed by atoms with Crippen molar-refractivity contribution < 1.29 is 13.2 Å². The van der Waals surface area contributed by atoms with Crippen molar-refractivity contribution in [2.45, 2.75) is 18.4 Å². The molecule has 2 aromatic carbocycles. The molecule has 0 spiro atoms. The van der Waals surface area contributed by atoms with E-state index in [2.05, 4.69) is 31.1 Å². The van der Waals surface area contributed by atoms with E-state index in [-0.39, 0.29) is 10.8 Å². The molecule has 7 nitrogen and oxygen atoms in total. The Morgan fingerprint density at radius 2 is 1.89 bits per heavy atom. The predicted octanol–water partition coefficient (Wildman–Crippen LogP) is 3.45. The molecule has 0 atom stereocenters. The fourth-order valence-electron chi connectivity index (χ4n) is 2.48. The zero-order chi connectivity index (χ0) is 19.4. The Hall–Kier alpha value is -2.65. The van der Waals surface area contributed by atoms with Gasteiger partial charge in [0.25, 0.3) is 10.0 Å². The third-order valence-electron chi connectivity index (χ3n) is 3.61. The lowest BCUT2D eigenvalue weighted by molar-refractivity contribution is -0.114. The number of sulfonamides is 1. The summed E-state index contributed by atoms with van der Waals surface area (Å²) in [5.74, 6) is -0.218. The molecule has 1 aromatic heterocycles. The van der Waals surface area contributed by atoms with Crippen LogP contribution in [0, 0.1) is 0 Å². The van der Waals surface area contributed by atoms with Crippen LogP contribution in [-0.2, 0) is 21.4 Å². The number of aromatic nitrogens is 2. The zero-order valence-electron chi connectivity index (χ0n) is 14.4. The van der Waals surface area contributed by atoms with Gasteiger partial charge in [0, 0.05) is 24.5 Å². The molecule has 3 rings (SSSR count). The van der Waals surface area contributed by atoms with Gasteiger partial charge in [0.05, 0.1) is 22.1 Å². The quantitative estimate of drug-likeness (QED) is 0.603. The number of halogens is 1. The summed E-state index contributed by atoms with van der Waals surface area (Å²) in [6.45, 7) is 1.91. The maximum Gasteiger partial charge on any atom is 0.261 e. The first kappa shape index (κ1) is 19.1. The van der Waals surface area contributed by atoms with E-state index in [9.17, 15) is 13.2 Å². The second kappa shape index (κ2) is 7.93. The van der Waals surface area contributed by atoms with Crippen LogP contribution in [0.3, 0.4) is 0 Å². The molecule has 0 aliphatic rings. The van der Waals surface area contributed by atoms with Crippen molar-refractivity contribution in [2.75, 3.05) is 10.0 Å². The van der Waals surface area contributed by atoms with Gasteiger partial charge in [0.15, 0.2) is 0 Å². The Balaban J connectivity index is 1.75. The molecule has 1 amide bonds. The van der Waals surface area contributed by atoms with Crippen molar-refractivity contribution >= 4 is 43.2 Å². The molecule has 2 N–H and O–H groups in total. The van der Waals surface area contributed by atoms with Crippen LogP contribution in [0.25, 0.3) is 0 Å². The van der Waals surface area contributed by atoms with Gasteiger partial charge in [-0.1, -0.05) is 12.1 Å². The van der Waals surface area contributed by atoms with Crippen LogP contribution >= 0.6 is 15.9 Å². The lowest BCUT2D eigenvalue weighted by Crippen LogP contribution is -2.13. The van der Waals surface area contributed by atoms with Gasteiger partial charge >= 0.3 is 0 Å². The maximum atomic E-state index is 12.6. The lowest BCUT2D eigenvalue weighted by Gasteiger charge is -2.10. The average Bonchev–Trinajstić information content (AvgIpc) is 2.99. The molecule has 1 heterocycles. The summed E-state index contributed by atoms with van der Waals surface area (Å²) in [6, 6.07) is 13.1. The third-order valence-corrected chi connectivity index (χ3v) is 5.42. The van der Waals surface area contributed by atoms with Crippen LogP contribution < -0.4 is 10.0 Å². The molecule has 140 valence electrons. The van der Waals surface area contributed by atoms with Crippen molar-refractivity contribution in [1.29, 1.82) is 0 Å². The van der Waals surface area contributed by atoms with E-state index in [1.165, 1.54) is 19.1 Å². The number of benzene rings is 2. The smallest absolute Gasteiger partial charge is 0.261 e. The highest BCUT2D eigenvalue weighted by molar-refractivity contribution is 9.10. The van der Waals surface area contributed by atoms with Gasteiger partial charge in [-0.3, -0.25) is 14.2 Å². The van der Waals surface area contributed by atoms with Crippen molar-refractivity contribution in [3.63, 3.8) is 0 Å². The summed E-state index contributed by atoms with van der Waals surface area (Å²) in [6.07, 6.45) is 3.53. The topological polar surface area (TPSA) is 93.1 Å². The number of nitrogens with zero attached hydrogens (tertiary/aromatic N) is 2. The average molecular weight is 449 g/mol. The molecular formula is C18H17BrN4O3S. The maximum absolute atomic E-state index is 12.6. The zero-order valence-corrected chi connectivity index (χ0v) is 16.8. The fraction of sp³-hybridized carbons (Fsp3) is 0.111. The van der Waals surface area contributed by atoms with Crippen LogP contribution in [0.4, 0.5) is 11.4 Å². The summed E-state index contributed by atoms with van der Waals surface area (Å²) >= 11 is 3.35. The summed E-state index contributed by atoms with van der Waals surface area (Å²) < 4.78 is 30.4. The van der Waals surface area contributed by atoms with Crippen molar-refractivity contribution in [3.8, 4) is 0 Å². The minimum atomic E-state index is -3.74. The minimum Gasteiger partial charge on any atom is -0.326 e. The highest BCUT2D eigenvalue weighted by atomic mass is 79.9. The predicted molar refractivity (Wildman–Crippen MR) is 107 cm³/mol. The Labute approximate surface area is 165 Å². The Morgan fingerprint density at radius 1 is 1.15 bits per heavy atom. The first-order chi connectivity index (χ1) is 12.8.